The molecule has 1 fully saturated rings. The fourth-order valence-corrected chi connectivity index (χ4v) is 8.76. The van der Waals surface area contributed by atoms with E-state index in [9.17, 15) is 30.3 Å². The first-order chi connectivity index (χ1) is 31.8. The Hall–Kier alpha value is -1.59. The second-order valence-corrected chi connectivity index (χ2v) is 19.4. The van der Waals surface area contributed by atoms with Gasteiger partial charge in [0.2, 0.25) is 5.91 Å². The Morgan fingerprint density at radius 1 is 0.508 bits per heavy atom. The molecule has 1 aliphatic heterocycles. The maximum absolute atomic E-state index is 13.0. The van der Waals surface area contributed by atoms with Gasteiger partial charge < -0.3 is 40.3 Å². The van der Waals surface area contributed by atoms with Gasteiger partial charge in [-0.15, -0.1) is 0 Å². The van der Waals surface area contributed by atoms with Crippen molar-refractivity contribution in [3.8, 4) is 0 Å². The van der Waals surface area contributed by atoms with Crippen molar-refractivity contribution < 1.29 is 39.8 Å². The molecular formula is C56H105NO8. The Bertz CT molecular complexity index is 1110. The molecule has 1 saturated heterocycles. The lowest BCUT2D eigenvalue weighted by Crippen LogP contribution is -2.60. The predicted octanol–water partition coefficient (Wildman–Crippen LogP) is 13.2. The minimum absolute atomic E-state index is 0.189. The van der Waals surface area contributed by atoms with E-state index in [4.69, 9.17) is 9.47 Å². The van der Waals surface area contributed by atoms with E-state index in [2.05, 4.69) is 43.5 Å². The van der Waals surface area contributed by atoms with Crippen LogP contribution in [0.25, 0.3) is 0 Å². The number of aliphatic hydroxyl groups excluding tert-OH is 5. The van der Waals surface area contributed by atoms with Gasteiger partial charge >= 0.3 is 0 Å². The zero-order valence-electron chi connectivity index (χ0n) is 42.3. The first-order valence-electron chi connectivity index (χ1n) is 27.7. The quantitative estimate of drug-likeness (QED) is 0.0261. The van der Waals surface area contributed by atoms with Gasteiger partial charge in [0, 0.05) is 6.42 Å². The second-order valence-electron chi connectivity index (χ2n) is 19.4. The van der Waals surface area contributed by atoms with Crippen LogP contribution in [0.1, 0.15) is 258 Å². The van der Waals surface area contributed by atoms with Crippen LogP contribution in [0.5, 0.6) is 0 Å². The highest BCUT2D eigenvalue weighted by atomic mass is 16.7. The maximum atomic E-state index is 13.0. The molecule has 6 N–H and O–H groups in total. The fraction of sp³-hybridized carbons (Fsp3) is 0.875. The van der Waals surface area contributed by atoms with Gasteiger partial charge in [-0.3, -0.25) is 4.79 Å². The number of hydrogen-bond donors (Lipinski definition) is 6. The van der Waals surface area contributed by atoms with Gasteiger partial charge in [0.05, 0.1) is 25.4 Å². The molecule has 1 amide bonds. The molecule has 0 spiro atoms. The molecule has 0 aliphatic carbocycles. The molecule has 7 unspecified atom stereocenters. The predicted molar refractivity (Wildman–Crippen MR) is 272 cm³/mol. The van der Waals surface area contributed by atoms with E-state index < -0.39 is 49.5 Å². The summed E-state index contributed by atoms with van der Waals surface area (Å²) in [5.74, 6) is -0.189. The zero-order chi connectivity index (χ0) is 47.3. The molecule has 7 atom stereocenters. The summed E-state index contributed by atoms with van der Waals surface area (Å²) in [7, 11) is 0. The number of ether oxygens (including phenoxy) is 2. The van der Waals surface area contributed by atoms with Crippen LogP contribution < -0.4 is 5.32 Å². The molecule has 9 nitrogen and oxygen atoms in total. The van der Waals surface area contributed by atoms with Crippen molar-refractivity contribution >= 4 is 5.91 Å². The lowest BCUT2D eigenvalue weighted by Gasteiger charge is -2.40. The van der Waals surface area contributed by atoms with Crippen LogP contribution in [0.4, 0.5) is 0 Å². The molecule has 382 valence electrons. The Labute approximate surface area is 400 Å². The van der Waals surface area contributed by atoms with E-state index in [-0.39, 0.29) is 12.5 Å². The van der Waals surface area contributed by atoms with Crippen LogP contribution in [0.3, 0.4) is 0 Å². The van der Waals surface area contributed by atoms with E-state index >= 15 is 0 Å². The number of aliphatic hydroxyl groups is 5. The normalized spacial score (nSPS) is 20.1. The number of allylic oxidation sites excluding steroid dienone is 5. The SMILES string of the molecule is CCCCCCCCC/C=C\CCCCCCCCCC(=O)NC(COC1OC(CO)C(O)C(O)C1O)C(O)/C=C/CC/C=C/CCCCCCCCCCCCCCCCCCCC. The van der Waals surface area contributed by atoms with Gasteiger partial charge in [-0.05, 0) is 57.8 Å². The van der Waals surface area contributed by atoms with Crippen LogP contribution in [0, 0.1) is 0 Å². The van der Waals surface area contributed by atoms with Crippen molar-refractivity contribution in [1.29, 1.82) is 0 Å². The van der Waals surface area contributed by atoms with Gasteiger partial charge in [0.15, 0.2) is 6.29 Å². The van der Waals surface area contributed by atoms with Crippen LogP contribution in [0.2, 0.25) is 0 Å². The third-order valence-corrected chi connectivity index (χ3v) is 13.2. The van der Waals surface area contributed by atoms with Crippen molar-refractivity contribution in [1.82, 2.24) is 5.32 Å². The highest BCUT2D eigenvalue weighted by Gasteiger charge is 2.44. The standard InChI is InChI=1S/C56H105NO8/c1-3-5-7-9-11-13-15-17-19-21-23-24-25-26-27-28-29-31-33-35-37-39-41-43-45-50(59)49(48-64-56-55(63)54(62)53(61)51(47-58)65-56)57-52(60)46-44-42-40-38-36-34-32-30-22-20-18-16-14-12-10-8-6-4-2/h20,22,35,37,43,45,49-51,53-56,58-59,61-63H,3-19,21,23-34,36,38-42,44,46-48H2,1-2H3,(H,57,60)/b22-20-,37-35+,45-43+. The Kier molecular flexibility index (Phi) is 43.6. The number of nitrogens with one attached hydrogen (secondary N) is 1. The van der Waals surface area contributed by atoms with E-state index in [0.717, 1.165) is 51.4 Å². The van der Waals surface area contributed by atoms with Crippen LogP contribution in [-0.2, 0) is 14.3 Å². The Morgan fingerprint density at radius 2 is 0.877 bits per heavy atom. The lowest BCUT2D eigenvalue weighted by atomic mass is 9.99. The van der Waals surface area contributed by atoms with Gasteiger partial charge in [-0.1, -0.05) is 230 Å². The van der Waals surface area contributed by atoms with E-state index in [1.165, 1.54) is 186 Å². The van der Waals surface area contributed by atoms with Crippen molar-refractivity contribution in [3.63, 3.8) is 0 Å². The third-order valence-electron chi connectivity index (χ3n) is 13.2. The Morgan fingerprint density at radius 3 is 1.29 bits per heavy atom. The van der Waals surface area contributed by atoms with Crippen molar-refractivity contribution in [2.24, 2.45) is 0 Å². The first-order valence-corrected chi connectivity index (χ1v) is 27.7. The van der Waals surface area contributed by atoms with E-state index in [1.807, 2.05) is 6.08 Å². The van der Waals surface area contributed by atoms with Crippen molar-refractivity contribution in [2.75, 3.05) is 13.2 Å². The van der Waals surface area contributed by atoms with E-state index in [1.54, 1.807) is 6.08 Å². The molecule has 0 saturated carbocycles. The maximum Gasteiger partial charge on any atom is 0.220 e. The molecule has 0 aromatic rings. The molecule has 1 heterocycles. The molecular weight excluding hydrogens is 815 g/mol. The largest absolute Gasteiger partial charge is 0.394 e. The Balaban J connectivity index is 2.28. The summed E-state index contributed by atoms with van der Waals surface area (Å²) in [4.78, 5) is 13.0. The molecule has 0 radical (unpaired) electrons. The third kappa shape index (κ3) is 36.1. The minimum Gasteiger partial charge on any atom is -0.394 e. The second kappa shape index (κ2) is 46.2. The molecule has 65 heavy (non-hydrogen) atoms. The number of amides is 1. The van der Waals surface area contributed by atoms with Crippen LogP contribution in [0.15, 0.2) is 36.5 Å². The molecule has 9 heteroatoms. The summed E-state index contributed by atoms with van der Waals surface area (Å²) in [6.07, 6.45) is 52.1. The molecule has 1 aliphatic rings. The van der Waals surface area contributed by atoms with Gasteiger partial charge in [0.1, 0.15) is 24.4 Å². The van der Waals surface area contributed by atoms with Crippen molar-refractivity contribution in [2.45, 2.75) is 301 Å². The average molecular weight is 920 g/mol. The van der Waals surface area contributed by atoms with Crippen LogP contribution >= 0.6 is 0 Å². The lowest BCUT2D eigenvalue weighted by molar-refractivity contribution is -0.302. The first kappa shape index (κ1) is 61.4. The average Bonchev–Trinajstić information content (AvgIpc) is 3.31. The highest BCUT2D eigenvalue weighted by molar-refractivity contribution is 5.76. The van der Waals surface area contributed by atoms with Gasteiger partial charge in [-0.2, -0.15) is 0 Å². The minimum atomic E-state index is -1.57. The van der Waals surface area contributed by atoms with Crippen LogP contribution in [-0.4, -0.2) is 87.5 Å². The number of hydrogen-bond acceptors (Lipinski definition) is 8. The molecule has 0 aromatic carbocycles. The number of carbonyl (C=O) groups excluding carboxylic acids is 1. The molecule has 1 rings (SSSR count). The molecule has 0 bridgehead atoms. The molecule has 0 aromatic heterocycles. The monoisotopic (exact) mass is 920 g/mol. The highest BCUT2D eigenvalue weighted by Crippen LogP contribution is 2.23. The van der Waals surface area contributed by atoms with E-state index in [0.29, 0.717) is 6.42 Å². The summed E-state index contributed by atoms with van der Waals surface area (Å²) in [5, 5.41) is 54.4. The topological polar surface area (TPSA) is 149 Å². The summed E-state index contributed by atoms with van der Waals surface area (Å²) < 4.78 is 11.2. The number of carbonyl (C=O) groups is 1. The smallest absolute Gasteiger partial charge is 0.220 e. The number of rotatable bonds is 47. The zero-order valence-corrected chi connectivity index (χ0v) is 42.3. The summed E-state index contributed by atoms with van der Waals surface area (Å²) in [6, 6.07) is -0.823. The summed E-state index contributed by atoms with van der Waals surface area (Å²) in [6.45, 7) is 3.78. The van der Waals surface area contributed by atoms with Gasteiger partial charge in [0.25, 0.3) is 0 Å². The summed E-state index contributed by atoms with van der Waals surface area (Å²) >= 11 is 0. The van der Waals surface area contributed by atoms with Crippen molar-refractivity contribution in [3.05, 3.63) is 36.5 Å². The fourth-order valence-electron chi connectivity index (χ4n) is 8.76. The summed E-state index contributed by atoms with van der Waals surface area (Å²) in [5.41, 5.74) is 0. The van der Waals surface area contributed by atoms with Gasteiger partial charge in [-0.25, -0.2) is 0 Å². The number of unbranched alkanes of at least 4 members (excludes halogenated alkanes) is 33.